The Balaban J connectivity index is 2.50. The zero-order valence-electron chi connectivity index (χ0n) is 12.4. The van der Waals surface area contributed by atoms with Gasteiger partial charge in [-0.1, -0.05) is 25.1 Å². The molecule has 106 valence electrons. The molecule has 0 aliphatic rings. The van der Waals surface area contributed by atoms with E-state index in [2.05, 4.69) is 43.7 Å². The molecule has 1 rings (SSSR count). The molecule has 0 spiro atoms. The molecule has 3 heteroatoms. The summed E-state index contributed by atoms with van der Waals surface area (Å²) in [6.07, 6.45) is 2.75. The van der Waals surface area contributed by atoms with Gasteiger partial charge < -0.3 is 10.5 Å². The summed E-state index contributed by atoms with van der Waals surface area (Å²) in [7, 11) is 1.38. The number of aryl methyl sites for hydroxylation is 2. The Morgan fingerprint density at radius 2 is 1.89 bits per heavy atom. The molecule has 3 nitrogen and oxygen atoms in total. The zero-order chi connectivity index (χ0) is 14.4. The van der Waals surface area contributed by atoms with Crippen molar-refractivity contribution >= 4 is 5.97 Å². The van der Waals surface area contributed by atoms with Crippen molar-refractivity contribution in [1.29, 1.82) is 0 Å². The molecule has 1 aromatic rings. The van der Waals surface area contributed by atoms with Gasteiger partial charge >= 0.3 is 5.97 Å². The van der Waals surface area contributed by atoms with Crippen LogP contribution in [0.4, 0.5) is 0 Å². The van der Waals surface area contributed by atoms with Gasteiger partial charge in [0.05, 0.1) is 7.11 Å². The maximum Gasteiger partial charge on any atom is 0.322 e. The van der Waals surface area contributed by atoms with Gasteiger partial charge in [-0.15, -0.1) is 0 Å². The first-order valence-corrected chi connectivity index (χ1v) is 6.84. The van der Waals surface area contributed by atoms with Crippen LogP contribution < -0.4 is 5.73 Å². The molecule has 0 aromatic heterocycles. The minimum absolute atomic E-state index is 0.320. The van der Waals surface area contributed by atoms with E-state index in [1.54, 1.807) is 0 Å². The maximum absolute atomic E-state index is 11.3. The predicted molar refractivity (Wildman–Crippen MR) is 78.0 cm³/mol. The van der Waals surface area contributed by atoms with Gasteiger partial charge in [-0.2, -0.15) is 0 Å². The highest BCUT2D eigenvalue weighted by molar-refractivity contribution is 5.75. The van der Waals surface area contributed by atoms with Gasteiger partial charge in [0.25, 0.3) is 0 Å². The minimum atomic E-state index is -0.502. The number of methoxy groups -OCH3 is 1. The Bertz CT molecular complexity index is 409. The first-order chi connectivity index (χ1) is 8.95. The van der Waals surface area contributed by atoms with E-state index >= 15 is 0 Å². The van der Waals surface area contributed by atoms with Gasteiger partial charge in [-0.25, -0.2) is 0 Å². The van der Waals surface area contributed by atoms with E-state index in [0.717, 1.165) is 12.8 Å². The molecule has 0 heterocycles. The second-order valence-corrected chi connectivity index (χ2v) is 5.38. The number of nitrogens with two attached hydrogens (primary N) is 1. The first-order valence-electron chi connectivity index (χ1n) is 6.84. The van der Waals surface area contributed by atoms with Crippen molar-refractivity contribution in [2.45, 2.75) is 46.1 Å². The van der Waals surface area contributed by atoms with Gasteiger partial charge in [0.2, 0.25) is 0 Å². The second kappa shape index (κ2) is 7.29. The minimum Gasteiger partial charge on any atom is -0.468 e. The van der Waals surface area contributed by atoms with Crippen molar-refractivity contribution in [3.63, 3.8) is 0 Å². The normalized spacial score (nSPS) is 13.9. The smallest absolute Gasteiger partial charge is 0.322 e. The van der Waals surface area contributed by atoms with Crippen LogP contribution in [-0.2, 0) is 16.0 Å². The van der Waals surface area contributed by atoms with E-state index in [1.807, 2.05) is 0 Å². The summed E-state index contributed by atoms with van der Waals surface area (Å²) < 4.78 is 4.65. The molecule has 0 saturated carbocycles. The fourth-order valence-electron chi connectivity index (χ4n) is 2.43. The van der Waals surface area contributed by atoms with Crippen molar-refractivity contribution in [2.24, 2.45) is 11.7 Å². The largest absolute Gasteiger partial charge is 0.468 e. The molecule has 0 amide bonds. The van der Waals surface area contributed by atoms with Crippen molar-refractivity contribution < 1.29 is 9.53 Å². The fourth-order valence-corrected chi connectivity index (χ4v) is 2.43. The quantitative estimate of drug-likeness (QED) is 0.803. The summed E-state index contributed by atoms with van der Waals surface area (Å²) in [6.45, 7) is 6.43. The molecular weight excluding hydrogens is 238 g/mol. The lowest BCUT2D eigenvalue weighted by atomic mass is 9.91. The fraction of sp³-hybridized carbons (Fsp3) is 0.562. The van der Waals surface area contributed by atoms with Crippen LogP contribution in [0.3, 0.4) is 0 Å². The van der Waals surface area contributed by atoms with Crippen LogP contribution in [0.2, 0.25) is 0 Å². The molecular formula is C16H25NO2. The molecule has 19 heavy (non-hydrogen) atoms. The third-order valence-corrected chi connectivity index (χ3v) is 3.69. The topological polar surface area (TPSA) is 52.3 Å². The van der Waals surface area contributed by atoms with Gasteiger partial charge in [0.15, 0.2) is 0 Å². The van der Waals surface area contributed by atoms with E-state index in [1.165, 1.54) is 23.8 Å². The molecule has 0 fully saturated rings. The van der Waals surface area contributed by atoms with E-state index < -0.39 is 6.04 Å². The van der Waals surface area contributed by atoms with Gasteiger partial charge in [-0.3, -0.25) is 4.79 Å². The molecule has 0 aliphatic heterocycles. The third-order valence-electron chi connectivity index (χ3n) is 3.69. The molecule has 1 aromatic carbocycles. The van der Waals surface area contributed by atoms with Crippen molar-refractivity contribution in [3.8, 4) is 0 Å². The number of esters is 1. The van der Waals surface area contributed by atoms with Crippen LogP contribution in [0, 0.1) is 19.8 Å². The Morgan fingerprint density at radius 3 is 2.42 bits per heavy atom. The molecule has 0 aliphatic carbocycles. The highest BCUT2D eigenvalue weighted by atomic mass is 16.5. The van der Waals surface area contributed by atoms with Crippen LogP contribution in [0.5, 0.6) is 0 Å². The van der Waals surface area contributed by atoms with Crippen LogP contribution >= 0.6 is 0 Å². The summed E-state index contributed by atoms with van der Waals surface area (Å²) in [6, 6.07) is 5.88. The summed E-state index contributed by atoms with van der Waals surface area (Å²) in [5, 5.41) is 0. The Morgan fingerprint density at radius 1 is 1.32 bits per heavy atom. The monoisotopic (exact) mass is 263 g/mol. The van der Waals surface area contributed by atoms with Crippen LogP contribution in [0.15, 0.2) is 18.2 Å². The Kier molecular flexibility index (Phi) is 6.03. The molecule has 2 unspecified atom stereocenters. The molecule has 0 bridgehead atoms. The SMILES string of the molecule is COC(=O)C(N)CC(C)CCc1c(C)cccc1C. The number of rotatable bonds is 6. The van der Waals surface area contributed by atoms with Crippen LogP contribution in [-0.4, -0.2) is 19.1 Å². The standard InChI is InChI=1S/C16H25NO2/c1-11(10-15(17)16(18)19-4)8-9-14-12(2)6-5-7-13(14)3/h5-7,11,15H,8-10,17H2,1-4H3. The number of carbonyl (C=O) groups is 1. The van der Waals surface area contributed by atoms with E-state index in [0.29, 0.717) is 12.3 Å². The highest BCUT2D eigenvalue weighted by Gasteiger charge is 2.17. The molecule has 0 saturated heterocycles. The lowest BCUT2D eigenvalue weighted by Crippen LogP contribution is -2.33. The van der Waals surface area contributed by atoms with Gasteiger partial charge in [-0.05, 0) is 55.7 Å². The van der Waals surface area contributed by atoms with Crippen molar-refractivity contribution in [1.82, 2.24) is 0 Å². The number of ether oxygens (including phenoxy) is 1. The lowest BCUT2D eigenvalue weighted by molar-refractivity contribution is -0.142. The highest BCUT2D eigenvalue weighted by Crippen LogP contribution is 2.19. The summed E-state index contributed by atoms with van der Waals surface area (Å²) in [4.78, 5) is 11.3. The molecule has 2 atom stereocenters. The zero-order valence-corrected chi connectivity index (χ0v) is 12.4. The van der Waals surface area contributed by atoms with Gasteiger partial charge in [0.1, 0.15) is 6.04 Å². The maximum atomic E-state index is 11.3. The third kappa shape index (κ3) is 4.67. The Labute approximate surface area is 116 Å². The summed E-state index contributed by atoms with van der Waals surface area (Å²) in [5.74, 6) is 0.0898. The van der Waals surface area contributed by atoms with E-state index in [-0.39, 0.29) is 5.97 Å². The van der Waals surface area contributed by atoms with Crippen molar-refractivity contribution in [2.75, 3.05) is 7.11 Å². The summed E-state index contributed by atoms with van der Waals surface area (Å²) >= 11 is 0. The van der Waals surface area contributed by atoms with Gasteiger partial charge in [0, 0.05) is 0 Å². The predicted octanol–water partition coefficient (Wildman–Crippen LogP) is 2.76. The van der Waals surface area contributed by atoms with E-state index in [9.17, 15) is 4.79 Å². The number of hydrogen-bond acceptors (Lipinski definition) is 3. The van der Waals surface area contributed by atoms with Crippen LogP contribution in [0.1, 0.15) is 36.5 Å². The first kappa shape index (κ1) is 15.7. The lowest BCUT2D eigenvalue weighted by Gasteiger charge is -2.17. The second-order valence-electron chi connectivity index (χ2n) is 5.38. The van der Waals surface area contributed by atoms with E-state index in [4.69, 9.17) is 5.73 Å². The molecule has 0 radical (unpaired) electrons. The average Bonchev–Trinajstić information content (AvgIpc) is 2.37. The van der Waals surface area contributed by atoms with Crippen molar-refractivity contribution in [3.05, 3.63) is 34.9 Å². The molecule has 2 N–H and O–H groups in total. The average molecular weight is 263 g/mol. The number of hydrogen-bond donors (Lipinski definition) is 1. The van der Waals surface area contributed by atoms with Crippen LogP contribution in [0.25, 0.3) is 0 Å². The number of benzene rings is 1. The summed E-state index contributed by atoms with van der Waals surface area (Å²) in [5.41, 5.74) is 9.88. The number of carbonyl (C=O) groups excluding carboxylic acids is 1. The Hall–Kier alpha value is -1.35.